The van der Waals surface area contributed by atoms with Crippen LogP contribution in [-0.2, 0) is 9.57 Å². The van der Waals surface area contributed by atoms with Crippen molar-refractivity contribution >= 4 is 11.8 Å². The number of amides is 1. The Morgan fingerprint density at radius 3 is 2.35 bits per heavy atom. The predicted molar refractivity (Wildman–Crippen MR) is 102 cm³/mol. The minimum absolute atomic E-state index is 0.175. The molecule has 3 rings (SSSR count). The Balaban J connectivity index is 1.53. The van der Waals surface area contributed by atoms with E-state index >= 15 is 0 Å². The molecule has 2 aromatic carbocycles. The molecule has 1 amide bonds. The van der Waals surface area contributed by atoms with Crippen LogP contribution in [0.5, 0.6) is 0 Å². The van der Waals surface area contributed by atoms with Crippen molar-refractivity contribution in [3.63, 3.8) is 0 Å². The highest BCUT2D eigenvalue weighted by molar-refractivity contribution is 6.01. The highest BCUT2D eigenvalue weighted by Crippen LogP contribution is 2.22. The molecule has 0 unspecified atom stereocenters. The monoisotopic (exact) mass is 352 g/mol. The van der Waals surface area contributed by atoms with Gasteiger partial charge in [0, 0.05) is 6.42 Å². The lowest BCUT2D eigenvalue weighted by molar-refractivity contribution is 0.0439. The second kappa shape index (κ2) is 7.60. The third kappa shape index (κ3) is 4.85. The van der Waals surface area contributed by atoms with Gasteiger partial charge in [-0.3, -0.25) is 0 Å². The van der Waals surface area contributed by atoms with Gasteiger partial charge in [0.1, 0.15) is 5.60 Å². The van der Waals surface area contributed by atoms with Crippen LogP contribution in [0.4, 0.5) is 4.79 Å². The maximum Gasteiger partial charge on any atom is 0.407 e. The Morgan fingerprint density at radius 2 is 1.69 bits per heavy atom. The molecule has 0 bridgehead atoms. The third-order valence-corrected chi connectivity index (χ3v) is 3.93. The van der Waals surface area contributed by atoms with Gasteiger partial charge < -0.3 is 14.9 Å². The van der Waals surface area contributed by atoms with E-state index in [2.05, 4.69) is 34.7 Å². The van der Waals surface area contributed by atoms with Gasteiger partial charge in [0.25, 0.3) is 0 Å². The molecule has 0 spiro atoms. The molecule has 0 aliphatic carbocycles. The summed E-state index contributed by atoms with van der Waals surface area (Å²) in [6.07, 6.45) is 0.0357. The average Bonchev–Trinajstić information content (AvgIpc) is 3.08. The first-order chi connectivity index (χ1) is 12.4. The van der Waals surface area contributed by atoms with Gasteiger partial charge in [-0.2, -0.15) is 0 Å². The summed E-state index contributed by atoms with van der Waals surface area (Å²) in [6.45, 7) is 5.86. The SMILES string of the molecule is CC(C)(C)OC(=O)NC[C@H]1CC(c2ccc(-c3ccccc3)cc2)=NO1. The first-order valence-electron chi connectivity index (χ1n) is 8.76. The Kier molecular flexibility index (Phi) is 5.26. The van der Waals surface area contributed by atoms with E-state index in [0.717, 1.165) is 16.8 Å². The first kappa shape index (κ1) is 18.0. The molecule has 1 heterocycles. The molecule has 0 saturated carbocycles. The molecule has 0 fully saturated rings. The van der Waals surface area contributed by atoms with Gasteiger partial charge in [-0.05, 0) is 37.5 Å². The molecule has 1 aliphatic rings. The van der Waals surface area contributed by atoms with Crippen LogP contribution in [0.15, 0.2) is 59.8 Å². The number of alkyl carbamates (subject to hydrolysis) is 1. The molecule has 1 N–H and O–H groups in total. The van der Waals surface area contributed by atoms with E-state index in [1.807, 2.05) is 51.1 Å². The van der Waals surface area contributed by atoms with Crippen molar-refractivity contribution in [3.05, 3.63) is 60.2 Å². The van der Waals surface area contributed by atoms with E-state index in [9.17, 15) is 4.79 Å². The lowest BCUT2D eigenvalue weighted by atomic mass is 10.0. The van der Waals surface area contributed by atoms with Crippen LogP contribution in [-0.4, -0.2) is 30.1 Å². The van der Waals surface area contributed by atoms with Crippen LogP contribution in [0.2, 0.25) is 0 Å². The quantitative estimate of drug-likeness (QED) is 0.889. The maximum atomic E-state index is 11.7. The highest BCUT2D eigenvalue weighted by atomic mass is 16.6. The van der Waals surface area contributed by atoms with Crippen molar-refractivity contribution in [3.8, 4) is 11.1 Å². The van der Waals surface area contributed by atoms with Crippen molar-refractivity contribution < 1.29 is 14.4 Å². The molecular weight excluding hydrogens is 328 g/mol. The van der Waals surface area contributed by atoms with E-state index in [4.69, 9.17) is 9.57 Å². The van der Waals surface area contributed by atoms with Gasteiger partial charge in [0.15, 0.2) is 6.10 Å². The number of nitrogens with one attached hydrogen (secondary N) is 1. The number of carbonyl (C=O) groups is 1. The summed E-state index contributed by atoms with van der Waals surface area (Å²) < 4.78 is 5.22. The fraction of sp³-hybridized carbons (Fsp3) is 0.333. The molecule has 1 aliphatic heterocycles. The van der Waals surface area contributed by atoms with Gasteiger partial charge in [0.05, 0.1) is 12.3 Å². The molecule has 0 aromatic heterocycles. The summed E-state index contributed by atoms with van der Waals surface area (Å²) >= 11 is 0. The molecule has 5 nitrogen and oxygen atoms in total. The summed E-state index contributed by atoms with van der Waals surface area (Å²) in [5.41, 5.74) is 3.76. The number of nitrogens with zero attached hydrogens (tertiary/aromatic N) is 1. The lowest BCUT2D eigenvalue weighted by Gasteiger charge is -2.20. The number of ether oxygens (including phenoxy) is 1. The van der Waals surface area contributed by atoms with Crippen molar-refractivity contribution in [2.24, 2.45) is 5.16 Å². The van der Waals surface area contributed by atoms with Crippen LogP contribution < -0.4 is 5.32 Å². The Hall–Kier alpha value is -2.82. The second-order valence-electron chi connectivity index (χ2n) is 7.30. The van der Waals surface area contributed by atoms with Crippen LogP contribution >= 0.6 is 0 Å². The van der Waals surface area contributed by atoms with Crippen LogP contribution in [0, 0.1) is 0 Å². The molecule has 2 aromatic rings. The maximum absolute atomic E-state index is 11.7. The number of hydrogen-bond acceptors (Lipinski definition) is 4. The van der Waals surface area contributed by atoms with Gasteiger partial charge in [-0.1, -0.05) is 59.8 Å². The zero-order chi connectivity index (χ0) is 18.6. The number of hydrogen-bond donors (Lipinski definition) is 1. The number of rotatable bonds is 4. The fourth-order valence-corrected chi connectivity index (χ4v) is 2.71. The van der Waals surface area contributed by atoms with Gasteiger partial charge in [-0.25, -0.2) is 4.79 Å². The molecular formula is C21H24N2O3. The van der Waals surface area contributed by atoms with E-state index in [1.165, 1.54) is 5.56 Å². The van der Waals surface area contributed by atoms with E-state index in [1.54, 1.807) is 0 Å². The summed E-state index contributed by atoms with van der Waals surface area (Å²) in [6, 6.07) is 18.5. The van der Waals surface area contributed by atoms with Gasteiger partial charge in [-0.15, -0.1) is 0 Å². The van der Waals surface area contributed by atoms with Crippen molar-refractivity contribution in [1.29, 1.82) is 0 Å². The summed E-state index contributed by atoms with van der Waals surface area (Å²) in [5.74, 6) is 0. The van der Waals surface area contributed by atoms with Gasteiger partial charge in [0.2, 0.25) is 0 Å². The summed E-state index contributed by atoms with van der Waals surface area (Å²) in [4.78, 5) is 17.1. The molecule has 136 valence electrons. The molecule has 5 heteroatoms. The zero-order valence-electron chi connectivity index (χ0n) is 15.4. The zero-order valence-corrected chi connectivity index (χ0v) is 15.4. The normalized spacial score (nSPS) is 16.6. The second-order valence-corrected chi connectivity index (χ2v) is 7.30. The minimum Gasteiger partial charge on any atom is -0.444 e. The van der Waals surface area contributed by atoms with Crippen molar-refractivity contribution in [2.45, 2.75) is 38.9 Å². The van der Waals surface area contributed by atoms with Crippen LogP contribution in [0.1, 0.15) is 32.8 Å². The molecule has 1 atom stereocenters. The molecule has 0 radical (unpaired) electrons. The minimum atomic E-state index is -0.511. The van der Waals surface area contributed by atoms with Crippen molar-refractivity contribution in [2.75, 3.05) is 6.54 Å². The number of carbonyl (C=O) groups excluding carboxylic acids is 1. The lowest BCUT2D eigenvalue weighted by Crippen LogP contribution is -2.37. The van der Waals surface area contributed by atoms with E-state index in [-0.39, 0.29) is 6.10 Å². The Bertz CT molecular complexity index is 777. The number of benzene rings is 2. The molecule has 26 heavy (non-hydrogen) atoms. The molecule has 0 saturated heterocycles. The predicted octanol–water partition coefficient (Wildman–Crippen LogP) is 4.37. The third-order valence-electron chi connectivity index (χ3n) is 3.93. The van der Waals surface area contributed by atoms with Gasteiger partial charge >= 0.3 is 6.09 Å². The topological polar surface area (TPSA) is 59.9 Å². The van der Waals surface area contributed by atoms with E-state index in [0.29, 0.717) is 13.0 Å². The smallest absolute Gasteiger partial charge is 0.407 e. The fourth-order valence-electron chi connectivity index (χ4n) is 2.71. The Morgan fingerprint density at radius 1 is 1.08 bits per heavy atom. The average molecular weight is 352 g/mol. The Labute approximate surface area is 154 Å². The number of oxime groups is 1. The largest absolute Gasteiger partial charge is 0.444 e. The van der Waals surface area contributed by atoms with Crippen LogP contribution in [0.25, 0.3) is 11.1 Å². The first-order valence-corrected chi connectivity index (χ1v) is 8.76. The van der Waals surface area contributed by atoms with Crippen LogP contribution in [0.3, 0.4) is 0 Å². The van der Waals surface area contributed by atoms with E-state index < -0.39 is 11.7 Å². The summed E-state index contributed by atoms with van der Waals surface area (Å²) in [5, 5.41) is 6.89. The van der Waals surface area contributed by atoms with Crippen molar-refractivity contribution in [1.82, 2.24) is 5.32 Å². The highest BCUT2D eigenvalue weighted by Gasteiger charge is 2.24. The summed E-state index contributed by atoms with van der Waals surface area (Å²) in [7, 11) is 0. The standard InChI is InChI=1S/C21H24N2O3/c1-21(2,3)25-20(24)22-14-18-13-19(23-26-18)17-11-9-16(10-12-17)15-7-5-4-6-8-15/h4-12,18H,13-14H2,1-3H3,(H,22,24)/t18-/m1/s1.